The fourth-order valence-corrected chi connectivity index (χ4v) is 6.06. The lowest BCUT2D eigenvalue weighted by atomic mass is 10.0. The summed E-state index contributed by atoms with van der Waals surface area (Å²) in [7, 11) is -3.38. The number of hydrogen-bond donors (Lipinski definition) is 1. The predicted octanol–water partition coefficient (Wildman–Crippen LogP) is 3.18. The average Bonchev–Trinajstić information content (AvgIpc) is 3.36. The van der Waals surface area contributed by atoms with Crippen molar-refractivity contribution in [2.45, 2.75) is 56.0 Å². The Bertz CT molecular complexity index is 979. The van der Waals surface area contributed by atoms with E-state index in [1.54, 1.807) is 16.4 Å². The molecule has 4 rings (SSSR count). The molecular weight excluding hydrogens is 422 g/mol. The number of piperidine rings is 1. The normalized spacial score (nSPS) is 18.6. The molecule has 32 heavy (non-hydrogen) atoms. The first-order valence-corrected chi connectivity index (χ1v) is 13.1. The average molecular weight is 456 g/mol. The Kier molecular flexibility index (Phi) is 7.60. The molecular formula is C25H33N3O3S. The van der Waals surface area contributed by atoms with E-state index >= 15 is 0 Å². The Morgan fingerprint density at radius 2 is 1.53 bits per heavy atom. The molecule has 2 aliphatic heterocycles. The van der Waals surface area contributed by atoms with Crippen molar-refractivity contribution in [3.63, 3.8) is 0 Å². The summed E-state index contributed by atoms with van der Waals surface area (Å²) < 4.78 is 26.8. The molecule has 2 saturated heterocycles. The molecule has 2 aromatic carbocycles. The van der Waals surface area contributed by atoms with Crippen LogP contribution in [0.3, 0.4) is 0 Å². The van der Waals surface area contributed by atoms with Crippen LogP contribution < -0.4 is 5.32 Å². The molecule has 0 spiro atoms. The zero-order valence-electron chi connectivity index (χ0n) is 18.6. The molecule has 0 aromatic heterocycles. The van der Waals surface area contributed by atoms with E-state index in [4.69, 9.17) is 0 Å². The first kappa shape index (κ1) is 23.0. The van der Waals surface area contributed by atoms with E-state index in [1.807, 2.05) is 18.2 Å². The molecule has 1 amide bonds. The number of carbonyl (C=O) groups is 1. The van der Waals surface area contributed by atoms with Crippen LogP contribution in [0.4, 0.5) is 0 Å². The number of nitrogens with one attached hydrogen (secondary N) is 1. The van der Waals surface area contributed by atoms with Gasteiger partial charge in [0.05, 0.1) is 4.90 Å². The molecule has 1 N–H and O–H groups in total. The van der Waals surface area contributed by atoms with Crippen LogP contribution in [0, 0.1) is 0 Å². The molecule has 2 fully saturated rings. The fraction of sp³-hybridized carbons (Fsp3) is 0.480. The number of rotatable bonds is 8. The lowest BCUT2D eigenvalue weighted by Crippen LogP contribution is -2.44. The van der Waals surface area contributed by atoms with E-state index in [9.17, 15) is 13.2 Å². The Balaban J connectivity index is 1.19. The van der Waals surface area contributed by atoms with Crippen molar-refractivity contribution in [2.75, 3.05) is 26.2 Å². The molecule has 172 valence electrons. The van der Waals surface area contributed by atoms with Gasteiger partial charge >= 0.3 is 0 Å². The van der Waals surface area contributed by atoms with Gasteiger partial charge in [-0.2, -0.15) is 4.31 Å². The highest BCUT2D eigenvalue weighted by Crippen LogP contribution is 2.21. The molecule has 0 saturated carbocycles. The minimum absolute atomic E-state index is 0.0697. The van der Waals surface area contributed by atoms with Gasteiger partial charge in [-0.25, -0.2) is 8.42 Å². The van der Waals surface area contributed by atoms with E-state index in [0.29, 0.717) is 30.8 Å². The van der Waals surface area contributed by atoms with Crippen molar-refractivity contribution in [3.05, 3.63) is 65.7 Å². The van der Waals surface area contributed by atoms with Gasteiger partial charge in [-0.1, -0.05) is 42.5 Å². The summed E-state index contributed by atoms with van der Waals surface area (Å²) in [6.07, 6.45) is 4.84. The van der Waals surface area contributed by atoms with Crippen molar-refractivity contribution in [1.29, 1.82) is 0 Å². The highest BCUT2D eigenvalue weighted by atomic mass is 32.2. The molecule has 6 nitrogen and oxygen atoms in total. The molecule has 0 radical (unpaired) electrons. The zero-order valence-corrected chi connectivity index (χ0v) is 19.4. The third-order valence-electron chi connectivity index (χ3n) is 6.47. The summed E-state index contributed by atoms with van der Waals surface area (Å²) in [5, 5.41) is 3.18. The van der Waals surface area contributed by atoms with Crippen LogP contribution in [-0.4, -0.2) is 55.8 Å². The van der Waals surface area contributed by atoms with Gasteiger partial charge in [-0.15, -0.1) is 0 Å². The number of likely N-dealkylation sites (tertiary alicyclic amines) is 1. The summed E-state index contributed by atoms with van der Waals surface area (Å²) in [6, 6.07) is 17.7. The first-order valence-electron chi connectivity index (χ1n) is 11.7. The van der Waals surface area contributed by atoms with E-state index in [0.717, 1.165) is 50.9 Å². The molecule has 2 aromatic rings. The van der Waals surface area contributed by atoms with Gasteiger partial charge in [0.25, 0.3) is 0 Å². The monoisotopic (exact) mass is 455 g/mol. The molecule has 7 heteroatoms. The van der Waals surface area contributed by atoms with E-state index in [1.165, 1.54) is 5.56 Å². The summed E-state index contributed by atoms with van der Waals surface area (Å²) in [6.45, 7) is 4.16. The molecule has 0 atom stereocenters. The second kappa shape index (κ2) is 10.6. The quantitative estimate of drug-likeness (QED) is 0.664. The number of carbonyl (C=O) groups excluding carboxylic acids is 1. The van der Waals surface area contributed by atoms with Crippen LogP contribution >= 0.6 is 0 Å². The van der Waals surface area contributed by atoms with Crippen LogP contribution in [0.25, 0.3) is 0 Å². The second-order valence-electron chi connectivity index (χ2n) is 8.86. The lowest BCUT2D eigenvalue weighted by molar-refractivity contribution is -0.122. The van der Waals surface area contributed by atoms with Crippen molar-refractivity contribution in [2.24, 2.45) is 0 Å². The minimum Gasteiger partial charge on any atom is -0.353 e. The third-order valence-corrected chi connectivity index (χ3v) is 8.38. The van der Waals surface area contributed by atoms with Gasteiger partial charge < -0.3 is 5.32 Å². The number of hydrogen-bond acceptors (Lipinski definition) is 4. The first-order chi connectivity index (χ1) is 15.5. The van der Waals surface area contributed by atoms with Crippen LogP contribution in [0.15, 0.2) is 59.5 Å². The molecule has 0 unspecified atom stereocenters. The maximum Gasteiger partial charge on any atom is 0.243 e. The van der Waals surface area contributed by atoms with Crippen molar-refractivity contribution < 1.29 is 13.2 Å². The van der Waals surface area contributed by atoms with Crippen molar-refractivity contribution in [3.8, 4) is 0 Å². The number of amides is 1. The van der Waals surface area contributed by atoms with Gasteiger partial charge in [-0.3, -0.25) is 9.69 Å². The summed E-state index contributed by atoms with van der Waals surface area (Å²) >= 11 is 0. The molecule has 0 aliphatic carbocycles. The van der Waals surface area contributed by atoms with Gasteiger partial charge in [0.2, 0.25) is 15.9 Å². The SMILES string of the molecule is O=C(CCc1ccc(S(=O)(=O)N2CCCC2)cc1)NC1CCN(Cc2ccccc2)CC1. The Morgan fingerprint density at radius 3 is 2.19 bits per heavy atom. The van der Waals surface area contributed by atoms with Crippen molar-refractivity contribution >= 4 is 15.9 Å². The topological polar surface area (TPSA) is 69.7 Å². The molecule has 0 bridgehead atoms. The third kappa shape index (κ3) is 5.97. The fourth-order valence-electron chi connectivity index (χ4n) is 4.54. The largest absolute Gasteiger partial charge is 0.353 e. The van der Waals surface area contributed by atoms with E-state index in [2.05, 4.69) is 34.5 Å². The summed E-state index contributed by atoms with van der Waals surface area (Å²) in [5.74, 6) is 0.0697. The number of benzene rings is 2. The van der Waals surface area contributed by atoms with Crippen LogP contribution in [0.5, 0.6) is 0 Å². The van der Waals surface area contributed by atoms with Crippen LogP contribution in [0.1, 0.15) is 43.2 Å². The number of nitrogens with zero attached hydrogens (tertiary/aromatic N) is 2. The Hall–Kier alpha value is -2.22. The molecule has 2 aliphatic rings. The minimum atomic E-state index is -3.38. The van der Waals surface area contributed by atoms with Gasteiger partial charge in [0.1, 0.15) is 0 Å². The summed E-state index contributed by atoms with van der Waals surface area (Å²) in [5.41, 5.74) is 2.31. The maximum absolute atomic E-state index is 12.6. The second-order valence-corrected chi connectivity index (χ2v) is 10.8. The maximum atomic E-state index is 12.6. The van der Waals surface area contributed by atoms with E-state index < -0.39 is 10.0 Å². The lowest BCUT2D eigenvalue weighted by Gasteiger charge is -2.32. The summed E-state index contributed by atoms with van der Waals surface area (Å²) in [4.78, 5) is 15.2. The predicted molar refractivity (Wildman–Crippen MR) is 126 cm³/mol. The van der Waals surface area contributed by atoms with Gasteiger partial charge in [0, 0.05) is 45.2 Å². The van der Waals surface area contributed by atoms with Crippen molar-refractivity contribution in [1.82, 2.24) is 14.5 Å². The van der Waals surface area contributed by atoms with Gasteiger partial charge in [0.15, 0.2) is 0 Å². The standard InChI is InChI=1S/C25H33N3O3S/c29-25(26-23-14-18-27(19-15-23)20-22-6-2-1-3-7-22)13-10-21-8-11-24(12-9-21)32(30,31)28-16-4-5-17-28/h1-3,6-9,11-12,23H,4-5,10,13-20H2,(H,26,29). The van der Waals surface area contributed by atoms with Crippen LogP contribution in [-0.2, 0) is 27.8 Å². The van der Waals surface area contributed by atoms with E-state index in [-0.39, 0.29) is 11.9 Å². The van der Waals surface area contributed by atoms with Crippen LogP contribution in [0.2, 0.25) is 0 Å². The number of sulfonamides is 1. The smallest absolute Gasteiger partial charge is 0.243 e. The zero-order chi connectivity index (χ0) is 22.4. The highest BCUT2D eigenvalue weighted by Gasteiger charge is 2.27. The highest BCUT2D eigenvalue weighted by molar-refractivity contribution is 7.89. The Morgan fingerprint density at radius 1 is 0.875 bits per heavy atom. The van der Waals surface area contributed by atoms with Gasteiger partial charge in [-0.05, 0) is 55.4 Å². The number of aryl methyl sites for hydroxylation is 1. The Labute approximate surface area is 191 Å². The molecule has 2 heterocycles.